The van der Waals surface area contributed by atoms with Gasteiger partial charge in [-0.1, -0.05) is 40.0 Å². The molecule has 18 heavy (non-hydrogen) atoms. The van der Waals surface area contributed by atoms with Crippen LogP contribution in [0.15, 0.2) is 0 Å². The molecule has 0 saturated heterocycles. The molecule has 0 fully saturated rings. The van der Waals surface area contributed by atoms with Gasteiger partial charge in [0.1, 0.15) is 13.2 Å². The summed E-state index contributed by atoms with van der Waals surface area (Å²) in [4.78, 5) is 0. The van der Waals surface area contributed by atoms with Crippen molar-refractivity contribution in [3.63, 3.8) is 0 Å². The average molecular weight is 298 g/mol. The van der Waals surface area contributed by atoms with Gasteiger partial charge in [-0.3, -0.25) is 0 Å². The number of hydrogen-bond acceptors (Lipinski definition) is 4. The molecule has 3 atom stereocenters. The van der Waals surface area contributed by atoms with Crippen LogP contribution in [0.1, 0.15) is 46.5 Å². The zero-order valence-corrected chi connectivity index (χ0v) is 14.1. The van der Waals surface area contributed by atoms with Crippen molar-refractivity contribution in [1.29, 1.82) is 0 Å². The van der Waals surface area contributed by atoms with Crippen LogP contribution in [0.2, 0.25) is 0 Å². The molecular formula is C12H28O4P2+2. The minimum Gasteiger partial charge on any atom is -0.147 e. The van der Waals surface area contributed by atoms with Crippen molar-refractivity contribution in [2.75, 3.05) is 26.5 Å². The topological polar surface area (TPSA) is 52.6 Å². The third-order valence-corrected chi connectivity index (χ3v) is 3.32. The Morgan fingerprint density at radius 3 is 1.94 bits per heavy atom. The van der Waals surface area contributed by atoms with Crippen LogP contribution in [0.3, 0.4) is 0 Å². The lowest BCUT2D eigenvalue weighted by atomic mass is 10.1. The van der Waals surface area contributed by atoms with E-state index in [9.17, 15) is 9.13 Å². The number of rotatable bonds is 9. The molecule has 0 heterocycles. The molecule has 0 saturated carbocycles. The summed E-state index contributed by atoms with van der Waals surface area (Å²) in [7, 11) is -2.76. The molecule has 0 aliphatic carbocycles. The van der Waals surface area contributed by atoms with E-state index >= 15 is 0 Å². The summed E-state index contributed by atoms with van der Waals surface area (Å²) < 4.78 is 30.5. The molecule has 0 aromatic rings. The van der Waals surface area contributed by atoms with Gasteiger partial charge in [0.05, 0.1) is 0 Å². The van der Waals surface area contributed by atoms with E-state index in [0.717, 1.165) is 12.8 Å². The molecule has 4 nitrogen and oxygen atoms in total. The monoisotopic (exact) mass is 298 g/mol. The van der Waals surface area contributed by atoms with Gasteiger partial charge in [0.25, 0.3) is 0 Å². The van der Waals surface area contributed by atoms with Gasteiger partial charge in [0, 0.05) is 0 Å². The van der Waals surface area contributed by atoms with E-state index in [2.05, 4.69) is 20.8 Å². The summed E-state index contributed by atoms with van der Waals surface area (Å²) >= 11 is 0. The standard InChI is InChI=1S/2C6H14O2P/c1-4-6(2)5-8-9(3)7;1-3-4-5-6-8-9(2)7/h6H,4-5H2,1-3H3;3-6H2,1-2H3/q2*+1. The van der Waals surface area contributed by atoms with Crippen LogP contribution in [0.25, 0.3) is 0 Å². The van der Waals surface area contributed by atoms with Gasteiger partial charge in [-0.2, -0.15) is 0 Å². The molecule has 0 aliphatic rings. The molecule has 0 aromatic carbocycles. The predicted molar refractivity (Wildman–Crippen MR) is 77.9 cm³/mol. The van der Waals surface area contributed by atoms with E-state index in [1.165, 1.54) is 12.8 Å². The molecule has 0 bridgehead atoms. The molecule has 3 unspecified atom stereocenters. The van der Waals surface area contributed by atoms with Gasteiger partial charge < -0.3 is 0 Å². The Balaban J connectivity index is 0. The van der Waals surface area contributed by atoms with E-state index in [-0.39, 0.29) is 0 Å². The first-order valence-electron chi connectivity index (χ1n) is 6.51. The van der Waals surface area contributed by atoms with Crippen molar-refractivity contribution in [3.8, 4) is 0 Å². The quantitative estimate of drug-likeness (QED) is 0.444. The first-order chi connectivity index (χ1) is 8.43. The van der Waals surface area contributed by atoms with Crippen molar-refractivity contribution in [2.24, 2.45) is 5.92 Å². The highest BCUT2D eigenvalue weighted by atomic mass is 31.1. The van der Waals surface area contributed by atoms with Gasteiger partial charge in [-0.25, -0.2) is 0 Å². The molecule has 0 aromatic heterocycles. The van der Waals surface area contributed by atoms with Crippen LogP contribution < -0.4 is 0 Å². The normalized spacial score (nSPS) is 13.4. The van der Waals surface area contributed by atoms with Crippen LogP contribution >= 0.6 is 16.1 Å². The molecule has 0 radical (unpaired) electrons. The molecule has 6 heteroatoms. The first-order valence-corrected chi connectivity index (χ1v) is 9.76. The lowest BCUT2D eigenvalue weighted by molar-refractivity contribution is 0.270. The Hall–Kier alpha value is 0.120. The molecular weight excluding hydrogens is 270 g/mol. The lowest BCUT2D eigenvalue weighted by Crippen LogP contribution is -1.99. The van der Waals surface area contributed by atoms with E-state index in [1.807, 2.05) is 0 Å². The van der Waals surface area contributed by atoms with E-state index in [4.69, 9.17) is 9.05 Å². The summed E-state index contributed by atoms with van der Waals surface area (Å²) in [5.41, 5.74) is 0. The number of unbranched alkanes of at least 4 members (excludes halogenated alkanes) is 2. The molecule has 0 amide bonds. The fourth-order valence-electron chi connectivity index (χ4n) is 0.895. The summed E-state index contributed by atoms with van der Waals surface area (Å²) in [6.07, 6.45) is 4.47. The van der Waals surface area contributed by atoms with Crippen LogP contribution in [-0.2, 0) is 18.2 Å². The highest BCUT2D eigenvalue weighted by Gasteiger charge is 2.09. The minimum absolute atomic E-state index is 0.531. The second-order valence-electron chi connectivity index (χ2n) is 4.23. The minimum atomic E-state index is -1.39. The summed E-state index contributed by atoms with van der Waals surface area (Å²) in [5.74, 6) is 0.531. The summed E-state index contributed by atoms with van der Waals surface area (Å²) in [5, 5.41) is 0. The van der Waals surface area contributed by atoms with Gasteiger partial charge in [0.2, 0.25) is 0 Å². The molecule has 0 aliphatic heterocycles. The highest BCUT2D eigenvalue weighted by molar-refractivity contribution is 7.38. The van der Waals surface area contributed by atoms with Crippen molar-refractivity contribution >= 4 is 16.1 Å². The Bertz CT molecular complexity index is 222. The maximum absolute atomic E-state index is 10.4. The van der Waals surface area contributed by atoms with E-state index < -0.39 is 16.1 Å². The molecule has 0 rings (SSSR count). The van der Waals surface area contributed by atoms with Crippen LogP contribution in [0.5, 0.6) is 0 Å². The zero-order chi connectivity index (χ0) is 14.4. The smallest absolute Gasteiger partial charge is 0.147 e. The van der Waals surface area contributed by atoms with Crippen molar-refractivity contribution < 1.29 is 18.2 Å². The van der Waals surface area contributed by atoms with Crippen LogP contribution in [0.4, 0.5) is 0 Å². The molecule has 0 N–H and O–H groups in total. The highest BCUT2D eigenvalue weighted by Crippen LogP contribution is 2.17. The van der Waals surface area contributed by atoms with Gasteiger partial charge >= 0.3 is 16.1 Å². The van der Waals surface area contributed by atoms with Crippen LogP contribution in [0, 0.1) is 5.92 Å². The Kier molecular flexibility index (Phi) is 17.2. The van der Waals surface area contributed by atoms with Gasteiger partial charge in [-0.05, 0) is 21.5 Å². The van der Waals surface area contributed by atoms with Crippen molar-refractivity contribution in [3.05, 3.63) is 0 Å². The lowest BCUT2D eigenvalue weighted by Gasteiger charge is -1.99. The fraction of sp³-hybridized carbons (Fsp3) is 1.00. The third kappa shape index (κ3) is 21.4. The SMILES string of the molecule is CCC(C)CO[P+](C)=O.CCCCCO[P+](C)=O. The van der Waals surface area contributed by atoms with Gasteiger partial charge in [0.15, 0.2) is 13.3 Å². The fourth-order valence-corrected chi connectivity index (χ4v) is 1.75. The van der Waals surface area contributed by atoms with Crippen LogP contribution in [-0.4, -0.2) is 26.5 Å². The summed E-state index contributed by atoms with van der Waals surface area (Å²) in [6.45, 7) is 10.8. The maximum atomic E-state index is 10.4. The van der Waals surface area contributed by atoms with Gasteiger partial charge in [-0.15, -0.1) is 9.05 Å². The zero-order valence-electron chi connectivity index (χ0n) is 12.3. The molecule has 0 spiro atoms. The Morgan fingerprint density at radius 2 is 1.56 bits per heavy atom. The largest absolute Gasteiger partial charge is 0.504 e. The van der Waals surface area contributed by atoms with E-state index in [1.54, 1.807) is 13.3 Å². The second kappa shape index (κ2) is 15.2. The third-order valence-electron chi connectivity index (χ3n) is 2.26. The second-order valence-corrected chi connectivity index (χ2v) is 6.50. The Morgan fingerprint density at radius 1 is 1.00 bits per heavy atom. The maximum Gasteiger partial charge on any atom is 0.504 e. The first kappa shape index (κ1) is 20.4. The average Bonchev–Trinajstić information content (AvgIpc) is 2.32. The molecule has 108 valence electrons. The van der Waals surface area contributed by atoms with E-state index in [0.29, 0.717) is 19.1 Å². The summed E-state index contributed by atoms with van der Waals surface area (Å²) in [6, 6.07) is 0. The number of hydrogen-bond donors (Lipinski definition) is 0. The Labute approximate surface area is 114 Å². The predicted octanol–water partition coefficient (Wildman–Crippen LogP) is 4.99. The van der Waals surface area contributed by atoms with Crippen molar-refractivity contribution in [1.82, 2.24) is 0 Å². The van der Waals surface area contributed by atoms with Crippen molar-refractivity contribution in [2.45, 2.75) is 46.5 Å².